The predicted molar refractivity (Wildman–Crippen MR) is 98.6 cm³/mol. The van der Waals surface area contributed by atoms with Crippen molar-refractivity contribution >= 4 is 27.3 Å². The maximum atomic E-state index is 12.7. The van der Waals surface area contributed by atoms with E-state index in [4.69, 9.17) is 11.6 Å². The number of piperazine rings is 1. The van der Waals surface area contributed by atoms with E-state index in [1.165, 1.54) is 4.31 Å². The average molecular weight is 419 g/mol. The monoisotopic (exact) mass is 418 g/mol. The van der Waals surface area contributed by atoms with E-state index in [9.17, 15) is 21.6 Å². The molecule has 1 saturated heterocycles. The molecule has 0 aromatic heterocycles. The minimum Gasteiger partial charge on any atom is -0.369 e. The molecule has 27 heavy (non-hydrogen) atoms. The van der Waals surface area contributed by atoms with Crippen molar-refractivity contribution in [1.29, 1.82) is 0 Å². The van der Waals surface area contributed by atoms with E-state index in [1.54, 1.807) is 6.07 Å². The lowest BCUT2D eigenvalue weighted by molar-refractivity contribution is -0.137. The smallest absolute Gasteiger partial charge is 0.369 e. The van der Waals surface area contributed by atoms with Crippen molar-refractivity contribution in [3.8, 4) is 0 Å². The zero-order valence-corrected chi connectivity index (χ0v) is 16.1. The van der Waals surface area contributed by atoms with Gasteiger partial charge in [-0.15, -0.1) is 0 Å². The summed E-state index contributed by atoms with van der Waals surface area (Å²) in [5, 5.41) is 0.607. The third-order valence-electron chi connectivity index (χ3n) is 4.57. The molecule has 1 aliphatic heterocycles. The summed E-state index contributed by atoms with van der Waals surface area (Å²) in [6.07, 6.45) is -4.50. The molecule has 2 aromatic rings. The number of rotatable bonds is 3. The fourth-order valence-corrected chi connectivity index (χ4v) is 4.65. The molecule has 0 N–H and O–H groups in total. The van der Waals surface area contributed by atoms with Crippen LogP contribution in [0.3, 0.4) is 0 Å². The molecular formula is C18H18ClF3N2O2S. The molecule has 0 radical (unpaired) electrons. The summed E-state index contributed by atoms with van der Waals surface area (Å²) in [7, 11) is -3.83. The Balaban J connectivity index is 1.74. The third-order valence-corrected chi connectivity index (χ3v) is 6.72. The van der Waals surface area contributed by atoms with Gasteiger partial charge in [-0.25, -0.2) is 8.42 Å². The van der Waals surface area contributed by atoms with Crippen LogP contribution in [-0.2, 0) is 16.2 Å². The summed E-state index contributed by atoms with van der Waals surface area (Å²) >= 11 is 6.05. The Labute approximate surface area is 161 Å². The lowest BCUT2D eigenvalue weighted by atomic mass is 10.1. The topological polar surface area (TPSA) is 40.6 Å². The van der Waals surface area contributed by atoms with Crippen LogP contribution < -0.4 is 4.90 Å². The highest BCUT2D eigenvalue weighted by Crippen LogP contribution is 2.31. The number of nitrogens with zero attached hydrogens (tertiary/aromatic N) is 2. The standard InChI is InChI=1S/C18H18ClF3N2O2S/c1-13-2-5-15(19)12-17(13)23-8-10-24(11-9-23)27(25,26)16-6-3-14(4-7-16)18(20,21)22/h2-7,12H,8-11H2,1H3. The first kappa shape index (κ1) is 20.0. The molecule has 146 valence electrons. The Hall–Kier alpha value is -1.77. The summed E-state index contributed by atoms with van der Waals surface area (Å²) in [4.78, 5) is 1.92. The minimum atomic E-state index is -4.50. The van der Waals surface area contributed by atoms with Crippen molar-refractivity contribution in [2.75, 3.05) is 31.1 Å². The number of sulfonamides is 1. The Morgan fingerprint density at radius 2 is 1.56 bits per heavy atom. The van der Waals surface area contributed by atoms with Gasteiger partial charge in [0.15, 0.2) is 0 Å². The molecule has 0 bridgehead atoms. The first-order valence-electron chi connectivity index (χ1n) is 8.27. The van der Waals surface area contributed by atoms with Gasteiger partial charge in [0.2, 0.25) is 10.0 Å². The van der Waals surface area contributed by atoms with Gasteiger partial charge < -0.3 is 4.90 Å². The van der Waals surface area contributed by atoms with Crippen LogP contribution in [0.5, 0.6) is 0 Å². The minimum absolute atomic E-state index is 0.136. The molecule has 1 heterocycles. The fourth-order valence-electron chi connectivity index (χ4n) is 3.06. The van der Waals surface area contributed by atoms with Gasteiger partial charge >= 0.3 is 6.18 Å². The Kier molecular flexibility index (Phi) is 5.42. The van der Waals surface area contributed by atoms with Crippen LogP contribution in [0, 0.1) is 6.92 Å². The Morgan fingerprint density at radius 3 is 2.11 bits per heavy atom. The van der Waals surface area contributed by atoms with Crippen LogP contribution in [0.2, 0.25) is 5.02 Å². The number of anilines is 1. The van der Waals surface area contributed by atoms with Crippen molar-refractivity contribution in [2.24, 2.45) is 0 Å². The Morgan fingerprint density at radius 1 is 0.963 bits per heavy atom. The van der Waals surface area contributed by atoms with Crippen LogP contribution in [0.15, 0.2) is 47.4 Å². The van der Waals surface area contributed by atoms with E-state index < -0.39 is 21.8 Å². The second-order valence-corrected chi connectivity index (χ2v) is 8.72. The molecule has 0 atom stereocenters. The molecule has 0 saturated carbocycles. The van der Waals surface area contributed by atoms with Crippen LogP contribution in [0.4, 0.5) is 18.9 Å². The number of alkyl halides is 3. The molecular weight excluding hydrogens is 401 g/mol. The van der Waals surface area contributed by atoms with Gasteiger partial charge in [0.25, 0.3) is 0 Å². The van der Waals surface area contributed by atoms with Gasteiger partial charge in [0, 0.05) is 36.9 Å². The van der Waals surface area contributed by atoms with Gasteiger partial charge in [-0.05, 0) is 48.9 Å². The molecule has 0 spiro atoms. The van der Waals surface area contributed by atoms with E-state index in [0.29, 0.717) is 18.1 Å². The lowest BCUT2D eigenvalue weighted by Gasteiger charge is -2.36. The van der Waals surface area contributed by atoms with Gasteiger partial charge in [-0.3, -0.25) is 0 Å². The molecule has 0 unspecified atom stereocenters. The van der Waals surface area contributed by atoms with Crippen molar-refractivity contribution in [1.82, 2.24) is 4.31 Å². The highest BCUT2D eigenvalue weighted by molar-refractivity contribution is 7.89. The number of hydrogen-bond acceptors (Lipinski definition) is 3. The second-order valence-electron chi connectivity index (χ2n) is 6.34. The maximum absolute atomic E-state index is 12.7. The molecule has 3 rings (SSSR count). The second kappa shape index (κ2) is 7.33. The molecule has 4 nitrogen and oxygen atoms in total. The molecule has 9 heteroatoms. The van der Waals surface area contributed by atoms with Crippen LogP contribution in [0.25, 0.3) is 0 Å². The van der Waals surface area contributed by atoms with Crippen molar-refractivity contribution < 1.29 is 21.6 Å². The number of benzene rings is 2. The third kappa shape index (κ3) is 4.23. The van der Waals surface area contributed by atoms with Crippen LogP contribution in [-0.4, -0.2) is 38.9 Å². The van der Waals surface area contributed by atoms with E-state index in [2.05, 4.69) is 4.90 Å². The highest BCUT2D eigenvalue weighted by Gasteiger charge is 2.32. The van der Waals surface area contributed by atoms with E-state index in [1.807, 2.05) is 19.1 Å². The summed E-state index contributed by atoms with van der Waals surface area (Å²) in [6.45, 7) is 3.39. The van der Waals surface area contributed by atoms with E-state index in [0.717, 1.165) is 35.5 Å². The Bertz CT molecular complexity index is 923. The maximum Gasteiger partial charge on any atom is 0.416 e. The van der Waals surface area contributed by atoms with Gasteiger partial charge in [-0.2, -0.15) is 17.5 Å². The summed E-state index contributed by atoms with van der Waals surface area (Å²) < 4.78 is 64.7. The first-order valence-corrected chi connectivity index (χ1v) is 10.1. The quantitative estimate of drug-likeness (QED) is 0.750. The van der Waals surface area contributed by atoms with E-state index in [-0.39, 0.29) is 18.0 Å². The van der Waals surface area contributed by atoms with Crippen molar-refractivity contribution in [3.63, 3.8) is 0 Å². The molecule has 2 aromatic carbocycles. The summed E-state index contributed by atoms with van der Waals surface area (Å²) in [6, 6.07) is 9.14. The van der Waals surface area contributed by atoms with Gasteiger partial charge in [0.1, 0.15) is 0 Å². The van der Waals surface area contributed by atoms with Crippen LogP contribution in [0.1, 0.15) is 11.1 Å². The van der Waals surface area contributed by atoms with Gasteiger partial charge in [0.05, 0.1) is 10.5 Å². The zero-order chi connectivity index (χ0) is 19.8. The van der Waals surface area contributed by atoms with Crippen molar-refractivity contribution in [2.45, 2.75) is 18.0 Å². The molecule has 1 aliphatic rings. The summed E-state index contributed by atoms with van der Waals surface area (Å²) in [5.74, 6) is 0. The fraction of sp³-hybridized carbons (Fsp3) is 0.333. The highest BCUT2D eigenvalue weighted by atomic mass is 35.5. The largest absolute Gasteiger partial charge is 0.416 e. The average Bonchev–Trinajstić information content (AvgIpc) is 2.63. The van der Waals surface area contributed by atoms with Gasteiger partial charge in [-0.1, -0.05) is 17.7 Å². The number of hydrogen-bond donors (Lipinski definition) is 0. The van der Waals surface area contributed by atoms with Crippen molar-refractivity contribution in [3.05, 3.63) is 58.6 Å². The SMILES string of the molecule is Cc1ccc(Cl)cc1N1CCN(S(=O)(=O)c2ccc(C(F)(F)F)cc2)CC1. The number of halogens is 4. The molecule has 0 aliphatic carbocycles. The lowest BCUT2D eigenvalue weighted by Crippen LogP contribution is -2.48. The summed E-state index contributed by atoms with van der Waals surface area (Å²) in [5.41, 5.74) is 1.12. The van der Waals surface area contributed by atoms with E-state index >= 15 is 0 Å². The molecule has 1 fully saturated rings. The zero-order valence-electron chi connectivity index (χ0n) is 14.5. The van der Waals surface area contributed by atoms with Crippen LogP contribution >= 0.6 is 11.6 Å². The number of aryl methyl sites for hydroxylation is 1. The predicted octanol–water partition coefficient (Wildman–Crippen LogP) is 4.18. The first-order chi connectivity index (χ1) is 12.6. The molecule has 0 amide bonds. The normalized spacial score (nSPS) is 16.6.